The molecule has 2 aromatic rings. The molecule has 1 aromatic carbocycles. The van der Waals surface area contributed by atoms with Gasteiger partial charge in [0.05, 0.1) is 7.11 Å². The van der Waals surface area contributed by atoms with Crippen molar-refractivity contribution in [2.75, 3.05) is 19.0 Å². The molecule has 1 heterocycles. The first-order chi connectivity index (χ1) is 9.58. The lowest BCUT2D eigenvalue weighted by Crippen LogP contribution is -2.08. The number of halogens is 1. The summed E-state index contributed by atoms with van der Waals surface area (Å²) in [6, 6.07) is 6.61. The third kappa shape index (κ3) is 3.66. The summed E-state index contributed by atoms with van der Waals surface area (Å²) in [5, 5.41) is 3.23. The predicted molar refractivity (Wildman–Crippen MR) is 76.7 cm³/mol. The number of ether oxygens (including phenoxy) is 1. The quantitative estimate of drug-likeness (QED) is 0.911. The summed E-state index contributed by atoms with van der Waals surface area (Å²) >= 11 is 0. The highest BCUT2D eigenvalue weighted by atomic mass is 19.1. The van der Waals surface area contributed by atoms with Gasteiger partial charge in [0.1, 0.15) is 17.5 Å². The van der Waals surface area contributed by atoms with Crippen molar-refractivity contribution in [3.8, 4) is 5.88 Å². The molecule has 0 aliphatic heterocycles. The highest BCUT2D eigenvalue weighted by Crippen LogP contribution is 2.14. The lowest BCUT2D eigenvalue weighted by atomic mass is 10.1. The minimum absolute atomic E-state index is 0.199. The number of aryl methyl sites for hydroxylation is 2. The number of hydrogen-bond acceptors (Lipinski definition) is 4. The molecule has 0 amide bonds. The number of nitrogens with zero attached hydrogens (tertiary/aromatic N) is 2. The van der Waals surface area contributed by atoms with Crippen LogP contribution in [0.2, 0.25) is 0 Å². The Morgan fingerprint density at radius 1 is 1.20 bits per heavy atom. The topological polar surface area (TPSA) is 47.0 Å². The minimum Gasteiger partial charge on any atom is -0.481 e. The molecule has 0 fully saturated rings. The molecule has 0 aliphatic rings. The van der Waals surface area contributed by atoms with Gasteiger partial charge in [0.2, 0.25) is 5.88 Å². The fraction of sp³-hybridized carbons (Fsp3) is 0.333. The van der Waals surface area contributed by atoms with E-state index in [1.165, 1.54) is 6.07 Å². The van der Waals surface area contributed by atoms with Crippen molar-refractivity contribution in [3.63, 3.8) is 0 Å². The zero-order valence-electron chi connectivity index (χ0n) is 11.9. The Kier molecular flexibility index (Phi) is 4.50. The van der Waals surface area contributed by atoms with E-state index in [1.54, 1.807) is 19.2 Å². The van der Waals surface area contributed by atoms with Crippen LogP contribution < -0.4 is 10.1 Å². The summed E-state index contributed by atoms with van der Waals surface area (Å²) in [5.41, 5.74) is 2.08. The summed E-state index contributed by atoms with van der Waals surface area (Å²) in [7, 11) is 1.58. The number of nitrogens with one attached hydrogen (secondary N) is 1. The van der Waals surface area contributed by atoms with Crippen LogP contribution in [0.5, 0.6) is 5.88 Å². The van der Waals surface area contributed by atoms with E-state index in [9.17, 15) is 4.39 Å². The van der Waals surface area contributed by atoms with Crippen LogP contribution in [0.25, 0.3) is 0 Å². The molecule has 20 heavy (non-hydrogen) atoms. The fourth-order valence-corrected chi connectivity index (χ4v) is 2.00. The molecule has 106 valence electrons. The van der Waals surface area contributed by atoms with Crippen LogP contribution in [-0.2, 0) is 6.42 Å². The molecule has 1 aromatic heterocycles. The first-order valence-electron chi connectivity index (χ1n) is 6.47. The Hall–Kier alpha value is -2.17. The molecule has 0 saturated heterocycles. The highest BCUT2D eigenvalue weighted by molar-refractivity contribution is 5.39. The van der Waals surface area contributed by atoms with E-state index in [4.69, 9.17) is 4.74 Å². The van der Waals surface area contributed by atoms with Gasteiger partial charge in [-0.3, -0.25) is 0 Å². The average molecular weight is 275 g/mol. The maximum Gasteiger partial charge on any atom is 0.218 e. The van der Waals surface area contributed by atoms with Crippen molar-refractivity contribution in [1.82, 2.24) is 9.97 Å². The van der Waals surface area contributed by atoms with Gasteiger partial charge >= 0.3 is 0 Å². The van der Waals surface area contributed by atoms with E-state index in [1.807, 2.05) is 19.9 Å². The fourth-order valence-electron chi connectivity index (χ4n) is 2.00. The molecule has 5 heteroatoms. The van der Waals surface area contributed by atoms with E-state index in [-0.39, 0.29) is 5.82 Å². The summed E-state index contributed by atoms with van der Waals surface area (Å²) in [6.45, 7) is 4.44. The first-order valence-corrected chi connectivity index (χ1v) is 6.47. The second-order valence-electron chi connectivity index (χ2n) is 4.59. The lowest BCUT2D eigenvalue weighted by molar-refractivity contribution is 0.396. The lowest BCUT2D eigenvalue weighted by Gasteiger charge is -2.09. The van der Waals surface area contributed by atoms with E-state index in [2.05, 4.69) is 15.3 Å². The largest absolute Gasteiger partial charge is 0.481 e. The first kappa shape index (κ1) is 14.2. The summed E-state index contributed by atoms with van der Waals surface area (Å²) in [4.78, 5) is 8.41. The number of rotatable bonds is 5. The number of aromatic nitrogens is 2. The van der Waals surface area contributed by atoms with Crippen LogP contribution in [0, 0.1) is 19.7 Å². The van der Waals surface area contributed by atoms with Gasteiger partial charge in [0.15, 0.2) is 0 Å². The Bertz CT molecular complexity index is 602. The zero-order valence-corrected chi connectivity index (χ0v) is 11.9. The van der Waals surface area contributed by atoms with Crippen LogP contribution in [0.3, 0.4) is 0 Å². The summed E-state index contributed by atoms with van der Waals surface area (Å²) < 4.78 is 18.1. The number of benzene rings is 1. The van der Waals surface area contributed by atoms with Gasteiger partial charge in [-0.1, -0.05) is 6.07 Å². The van der Waals surface area contributed by atoms with Crippen LogP contribution in [0.4, 0.5) is 10.2 Å². The molecular formula is C15H18FN3O. The van der Waals surface area contributed by atoms with E-state index < -0.39 is 0 Å². The second-order valence-corrected chi connectivity index (χ2v) is 4.59. The van der Waals surface area contributed by atoms with Crippen LogP contribution >= 0.6 is 0 Å². The SMILES string of the molecule is COc1cc(NCCc2ccc(F)cc2C)nc(C)n1. The normalized spacial score (nSPS) is 10.4. The molecule has 0 radical (unpaired) electrons. The maximum atomic E-state index is 13.0. The standard InChI is InChI=1S/C15H18FN3O/c1-10-8-13(16)5-4-12(10)6-7-17-14-9-15(20-3)19-11(2)18-14/h4-5,8-9H,6-7H2,1-3H3,(H,17,18,19). The smallest absolute Gasteiger partial charge is 0.218 e. The van der Waals surface area contributed by atoms with E-state index in [0.717, 1.165) is 23.4 Å². The average Bonchev–Trinajstić information content (AvgIpc) is 2.40. The minimum atomic E-state index is -0.199. The van der Waals surface area contributed by atoms with Gasteiger partial charge in [-0.25, -0.2) is 9.37 Å². The molecule has 0 unspecified atom stereocenters. The summed E-state index contributed by atoms with van der Waals surface area (Å²) in [6.07, 6.45) is 0.803. The number of anilines is 1. The van der Waals surface area contributed by atoms with Crippen LogP contribution in [0.15, 0.2) is 24.3 Å². The Morgan fingerprint density at radius 2 is 2.00 bits per heavy atom. The Labute approximate surface area is 118 Å². The summed E-state index contributed by atoms with van der Waals surface area (Å²) in [5.74, 6) is 1.73. The second kappa shape index (κ2) is 6.32. The van der Waals surface area contributed by atoms with Crippen LogP contribution in [-0.4, -0.2) is 23.6 Å². The predicted octanol–water partition coefficient (Wildman–Crippen LogP) is 2.90. The number of methoxy groups -OCH3 is 1. The molecule has 0 bridgehead atoms. The van der Waals surface area contributed by atoms with Gasteiger partial charge in [0, 0.05) is 12.6 Å². The van der Waals surface area contributed by atoms with E-state index >= 15 is 0 Å². The molecule has 0 atom stereocenters. The van der Waals surface area contributed by atoms with Crippen molar-refractivity contribution in [2.24, 2.45) is 0 Å². The molecule has 0 saturated carbocycles. The third-order valence-corrected chi connectivity index (χ3v) is 3.03. The third-order valence-electron chi connectivity index (χ3n) is 3.03. The van der Waals surface area contributed by atoms with Gasteiger partial charge in [-0.2, -0.15) is 4.98 Å². The van der Waals surface area contributed by atoms with Crippen molar-refractivity contribution in [2.45, 2.75) is 20.3 Å². The number of hydrogen-bond donors (Lipinski definition) is 1. The van der Waals surface area contributed by atoms with Gasteiger partial charge in [0.25, 0.3) is 0 Å². The molecule has 4 nitrogen and oxygen atoms in total. The van der Waals surface area contributed by atoms with Gasteiger partial charge in [-0.05, 0) is 43.5 Å². The highest BCUT2D eigenvalue weighted by Gasteiger charge is 2.03. The molecule has 0 aliphatic carbocycles. The van der Waals surface area contributed by atoms with Crippen molar-refractivity contribution >= 4 is 5.82 Å². The van der Waals surface area contributed by atoms with Crippen molar-refractivity contribution < 1.29 is 9.13 Å². The van der Waals surface area contributed by atoms with Crippen molar-refractivity contribution in [3.05, 3.63) is 47.0 Å². The van der Waals surface area contributed by atoms with E-state index in [0.29, 0.717) is 18.2 Å². The zero-order chi connectivity index (χ0) is 14.5. The maximum absolute atomic E-state index is 13.0. The van der Waals surface area contributed by atoms with Crippen LogP contribution in [0.1, 0.15) is 17.0 Å². The Morgan fingerprint density at radius 3 is 2.70 bits per heavy atom. The molecule has 1 N–H and O–H groups in total. The monoisotopic (exact) mass is 275 g/mol. The molecule has 2 rings (SSSR count). The van der Waals surface area contributed by atoms with Crippen molar-refractivity contribution in [1.29, 1.82) is 0 Å². The Balaban J connectivity index is 1.97. The van der Waals surface area contributed by atoms with Gasteiger partial charge < -0.3 is 10.1 Å². The molecule has 0 spiro atoms. The molecular weight excluding hydrogens is 257 g/mol. The van der Waals surface area contributed by atoms with Gasteiger partial charge in [-0.15, -0.1) is 0 Å².